The minimum Gasteiger partial charge on any atom is -0.464 e. The normalized spacial score (nSPS) is 29.5. The molecule has 7 heteroatoms. The number of alkyl halides is 2. The zero-order chi connectivity index (χ0) is 18.7. The van der Waals surface area contributed by atoms with Crippen LogP contribution >= 0.6 is 0 Å². The molecule has 5 atom stereocenters. The van der Waals surface area contributed by atoms with Crippen LogP contribution in [0.4, 0.5) is 14.5 Å². The predicted molar refractivity (Wildman–Crippen MR) is 89.2 cm³/mol. The molecular weight excluding hydrogens is 332 g/mol. The van der Waals surface area contributed by atoms with Gasteiger partial charge in [-0.25, -0.2) is 8.78 Å². The summed E-state index contributed by atoms with van der Waals surface area (Å²) in [6, 6.07) is 4.14. The highest BCUT2D eigenvalue weighted by molar-refractivity contribution is 5.65. The first-order chi connectivity index (χ1) is 11.7. The Bertz CT molecular complexity index is 611. The lowest BCUT2D eigenvalue weighted by Gasteiger charge is -2.43. The molecule has 2 unspecified atom stereocenters. The summed E-state index contributed by atoms with van der Waals surface area (Å²) in [4.78, 5) is 11.1. The fraction of sp³-hybridized carbons (Fsp3) is 0.611. The Labute approximate surface area is 146 Å². The van der Waals surface area contributed by atoms with Gasteiger partial charge in [0.15, 0.2) is 0 Å². The summed E-state index contributed by atoms with van der Waals surface area (Å²) < 4.78 is 43.3. The molecule has 1 saturated heterocycles. The van der Waals surface area contributed by atoms with Gasteiger partial charge in [-0.1, -0.05) is 20.8 Å². The molecule has 0 radical (unpaired) electrons. The molecule has 0 bridgehead atoms. The van der Waals surface area contributed by atoms with Crippen LogP contribution in [0.5, 0.6) is 5.75 Å². The maximum atomic E-state index is 13.3. The number of ether oxygens (including phenoxy) is 3. The smallest absolute Gasteiger partial charge is 0.302 e. The first-order valence-electron chi connectivity index (χ1n) is 8.33. The second-order valence-corrected chi connectivity index (χ2v) is 6.64. The minimum atomic E-state index is -2.70. The third-order valence-electron chi connectivity index (χ3n) is 4.95. The van der Waals surface area contributed by atoms with Gasteiger partial charge < -0.3 is 19.9 Å². The second-order valence-electron chi connectivity index (χ2n) is 6.64. The molecule has 2 rings (SSSR count). The van der Waals surface area contributed by atoms with Crippen LogP contribution in [0.1, 0.15) is 39.7 Å². The Balaban J connectivity index is 2.18. The predicted octanol–water partition coefficient (Wildman–Crippen LogP) is 3.78. The van der Waals surface area contributed by atoms with Crippen molar-refractivity contribution in [2.24, 2.45) is 17.8 Å². The number of carbonyl (C=O) groups is 1. The number of carbonyl (C=O) groups excluding carboxylic acids is 1. The number of anilines is 1. The second kappa shape index (κ2) is 7.99. The molecule has 1 fully saturated rings. The molecule has 1 aromatic carbocycles. The van der Waals surface area contributed by atoms with Gasteiger partial charge in [-0.2, -0.15) is 0 Å². The zero-order valence-electron chi connectivity index (χ0n) is 14.9. The van der Waals surface area contributed by atoms with Crippen LogP contribution in [-0.2, 0) is 14.3 Å². The number of esters is 1. The highest BCUT2D eigenvalue weighted by atomic mass is 19.3. The van der Waals surface area contributed by atoms with Gasteiger partial charge >= 0.3 is 5.97 Å². The lowest BCUT2D eigenvalue weighted by Crippen LogP contribution is -2.49. The van der Waals surface area contributed by atoms with Crippen molar-refractivity contribution in [1.82, 2.24) is 0 Å². The number of halogens is 2. The van der Waals surface area contributed by atoms with E-state index < -0.39 is 18.7 Å². The first kappa shape index (κ1) is 19.4. The molecule has 1 heterocycles. The van der Waals surface area contributed by atoms with Crippen LogP contribution in [-0.4, -0.2) is 25.0 Å². The molecule has 0 saturated carbocycles. The number of nitrogen functional groups attached to an aromatic ring is 1. The fourth-order valence-electron chi connectivity index (χ4n) is 2.98. The third-order valence-corrected chi connectivity index (χ3v) is 4.95. The summed E-state index contributed by atoms with van der Waals surface area (Å²) in [5, 5.41) is 0. The zero-order valence-corrected chi connectivity index (χ0v) is 14.9. The van der Waals surface area contributed by atoms with E-state index in [1.165, 1.54) is 25.1 Å². The summed E-state index contributed by atoms with van der Waals surface area (Å²) in [5.74, 6) is -0.0305. The van der Waals surface area contributed by atoms with Crippen molar-refractivity contribution in [3.8, 4) is 5.75 Å². The van der Waals surface area contributed by atoms with E-state index in [4.69, 9.17) is 19.9 Å². The number of rotatable bonds is 5. The maximum Gasteiger partial charge on any atom is 0.302 e. The van der Waals surface area contributed by atoms with Crippen molar-refractivity contribution >= 4 is 11.7 Å². The van der Waals surface area contributed by atoms with Crippen LogP contribution in [0.25, 0.3) is 0 Å². The van der Waals surface area contributed by atoms with Gasteiger partial charge in [-0.05, 0) is 30.0 Å². The van der Waals surface area contributed by atoms with Gasteiger partial charge in [0.2, 0.25) is 6.29 Å². The fourth-order valence-corrected chi connectivity index (χ4v) is 2.98. The number of nitrogens with two attached hydrogens (primary N) is 1. The maximum absolute atomic E-state index is 13.3. The summed E-state index contributed by atoms with van der Waals surface area (Å²) in [6.07, 6.45) is -3.78. The van der Waals surface area contributed by atoms with E-state index in [2.05, 4.69) is 0 Å². The van der Waals surface area contributed by atoms with Crippen molar-refractivity contribution in [2.45, 2.75) is 46.5 Å². The monoisotopic (exact) mass is 357 g/mol. The molecule has 1 aliphatic rings. The molecule has 2 N–H and O–H groups in total. The number of hydrogen-bond donors (Lipinski definition) is 1. The van der Waals surface area contributed by atoms with E-state index in [0.717, 1.165) is 0 Å². The summed E-state index contributed by atoms with van der Waals surface area (Å²) in [5.41, 5.74) is 5.57. The summed E-state index contributed by atoms with van der Waals surface area (Å²) >= 11 is 0. The van der Waals surface area contributed by atoms with Gasteiger partial charge in [-0.15, -0.1) is 0 Å². The highest BCUT2D eigenvalue weighted by Gasteiger charge is 2.41. The topological polar surface area (TPSA) is 70.8 Å². The first-order valence-corrected chi connectivity index (χ1v) is 8.33. The lowest BCUT2D eigenvalue weighted by atomic mass is 9.79. The Hall–Kier alpha value is -1.89. The number of benzene rings is 1. The molecule has 0 amide bonds. The Morgan fingerprint density at radius 1 is 1.24 bits per heavy atom. The van der Waals surface area contributed by atoms with Crippen LogP contribution in [0, 0.1) is 17.8 Å². The molecule has 0 aliphatic carbocycles. The van der Waals surface area contributed by atoms with Gasteiger partial charge in [0.05, 0.1) is 11.7 Å². The van der Waals surface area contributed by atoms with E-state index >= 15 is 0 Å². The molecule has 1 aliphatic heterocycles. The van der Waals surface area contributed by atoms with Crippen molar-refractivity contribution < 1.29 is 27.8 Å². The van der Waals surface area contributed by atoms with Crippen LogP contribution in [0.3, 0.4) is 0 Å². The van der Waals surface area contributed by atoms with Gasteiger partial charge in [0.1, 0.15) is 12.4 Å². The van der Waals surface area contributed by atoms with Gasteiger partial charge in [-0.3, -0.25) is 4.79 Å². The molecule has 25 heavy (non-hydrogen) atoms. The van der Waals surface area contributed by atoms with Crippen LogP contribution in [0.15, 0.2) is 18.2 Å². The standard InChI is InChI=1S/C18H25F2NO4/c1-9-10(2)16(8-23-12(4)22)25-18(11(9)3)24-15-6-5-13(21)7-14(15)17(19)20/h5-7,9-11,16-18H,8,21H2,1-4H3/t9-,10-,11?,16?,18+/m0/s1. The summed E-state index contributed by atoms with van der Waals surface area (Å²) in [7, 11) is 0. The van der Waals surface area contributed by atoms with Gasteiger partial charge in [0, 0.05) is 18.5 Å². The van der Waals surface area contributed by atoms with Crippen molar-refractivity contribution in [2.75, 3.05) is 12.3 Å². The molecule has 0 aromatic heterocycles. The molecule has 140 valence electrons. The molecule has 5 nitrogen and oxygen atoms in total. The van der Waals surface area contributed by atoms with E-state index in [1.54, 1.807) is 0 Å². The van der Waals surface area contributed by atoms with Crippen molar-refractivity contribution in [3.63, 3.8) is 0 Å². The van der Waals surface area contributed by atoms with Crippen LogP contribution in [0.2, 0.25) is 0 Å². The van der Waals surface area contributed by atoms with Gasteiger partial charge in [0.25, 0.3) is 6.43 Å². The van der Waals surface area contributed by atoms with E-state index in [-0.39, 0.29) is 47.5 Å². The van der Waals surface area contributed by atoms with Crippen LogP contribution < -0.4 is 10.5 Å². The highest BCUT2D eigenvalue weighted by Crippen LogP contribution is 2.38. The minimum absolute atomic E-state index is 0.0216. The van der Waals surface area contributed by atoms with E-state index in [1.807, 2.05) is 20.8 Å². The molecule has 0 spiro atoms. The van der Waals surface area contributed by atoms with Crippen molar-refractivity contribution in [1.29, 1.82) is 0 Å². The van der Waals surface area contributed by atoms with E-state index in [9.17, 15) is 13.6 Å². The largest absolute Gasteiger partial charge is 0.464 e. The van der Waals surface area contributed by atoms with Crippen molar-refractivity contribution in [3.05, 3.63) is 23.8 Å². The summed E-state index contributed by atoms with van der Waals surface area (Å²) in [6.45, 7) is 7.45. The lowest BCUT2D eigenvalue weighted by molar-refractivity contribution is -0.223. The molecular formula is C18H25F2NO4. The number of hydrogen-bond acceptors (Lipinski definition) is 5. The Morgan fingerprint density at radius 2 is 1.92 bits per heavy atom. The SMILES string of the molecule is CC(=O)OCC1O[C@@H](Oc2ccc(N)cc2C(F)F)C(C)[C@@H](C)[C@@H]1C. The quantitative estimate of drug-likeness (QED) is 0.641. The Morgan fingerprint density at radius 3 is 2.52 bits per heavy atom. The molecule has 1 aromatic rings. The average Bonchev–Trinajstić information content (AvgIpc) is 2.55. The van der Waals surface area contributed by atoms with E-state index in [0.29, 0.717) is 0 Å². The average molecular weight is 357 g/mol. The third kappa shape index (κ3) is 4.60. The Kier molecular flexibility index (Phi) is 6.21.